The van der Waals surface area contributed by atoms with Gasteiger partial charge in [0.15, 0.2) is 5.96 Å². The minimum atomic E-state index is 0.344. The Morgan fingerprint density at radius 1 is 1.33 bits per heavy atom. The molecule has 1 aliphatic rings. The number of piperazine rings is 1. The number of likely N-dealkylation sites (N-methyl/N-ethyl adjacent to an activating group) is 1. The number of hydrogen-bond donors (Lipinski definition) is 1. The van der Waals surface area contributed by atoms with Gasteiger partial charge in [-0.1, -0.05) is 13.0 Å². The molecule has 0 spiro atoms. The van der Waals surface area contributed by atoms with E-state index in [1.807, 2.05) is 7.05 Å². The Kier molecular flexibility index (Phi) is 7.03. The van der Waals surface area contributed by atoms with Gasteiger partial charge in [-0.3, -0.25) is 4.99 Å². The Hall–Kier alpha value is -1.71. The summed E-state index contributed by atoms with van der Waals surface area (Å²) >= 11 is 3.31. The second-order valence-corrected chi connectivity index (χ2v) is 8.45. The van der Waals surface area contributed by atoms with Crippen molar-refractivity contribution in [2.75, 3.05) is 58.8 Å². The van der Waals surface area contributed by atoms with E-state index in [1.165, 1.54) is 16.4 Å². The van der Waals surface area contributed by atoms with Crippen molar-refractivity contribution in [3.8, 4) is 0 Å². The first kappa shape index (κ1) is 20.0. The van der Waals surface area contributed by atoms with Crippen LogP contribution in [0.5, 0.6) is 0 Å². The van der Waals surface area contributed by atoms with Crippen molar-refractivity contribution >= 4 is 34.0 Å². The van der Waals surface area contributed by atoms with E-state index in [-0.39, 0.29) is 0 Å². The Labute approximate surface area is 169 Å². The molecule has 1 unspecified atom stereocenters. The van der Waals surface area contributed by atoms with Gasteiger partial charge in [-0.2, -0.15) is 4.37 Å². The quantitative estimate of drug-likeness (QED) is 0.585. The van der Waals surface area contributed by atoms with Gasteiger partial charge < -0.3 is 20.0 Å². The number of aliphatic imine (C=N–C) groups is 1. The van der Waals surface area contributed by atoms with E-state index in [1.54, 1.807) is 11.3 Å². The maximum atomic E-state index is 4.61. The van der Waals surface area contributed by atoms with Gasteiger partial charge in [-0.15, -0.1) is 11.3 Å². The van der Waals surface area contributed by atoms with Crippen LogP contribution in [0.15, 0.2) is 22.5 Å². The van der Waals surface area contributed by atoms with Crippen LogP contribution in [0.1, 0.15) is 23.7 Å². The molecule has 0 aromatic carbocycles. The summed E-state index contributed by atoms with van der Waals surface area (Å²) in [6.45, 7) is 6.70. The van der Waals surface area contributed by atoms with Crippen LogP contribution in [0, 0.1) is 0 Å². The van der Waals surface area contributed by atoms with Crippen LogP contribution in [-0.4, -0.2) is 79.0 Å². The normalized spacial score (nSPS) is 16.9. The predicted octanol–water partition coefficient (Wildman–Crippen LogP) is 2.16. The lowest BCUT2D eigenvalue weighted by molar-refractivity contribution is 0.296. The summed E-state index contributed by atoms with van der Waals surface area (Å²) in [5.41, 5.74) is 0. The minimum Gasteiger partial charge on any atom is -0.354 e. The van der Waals surface area contributed by atoms with Gasteiger partial charge >= 0.3 is 0 Å². The van der Waals surface area contributed by atoms with Crippen molar-refractivity contribution in [1.82, 2.24) is 24.5 Å². The minimum absolute atomic E-state index is 0.344. The molecule has 1 N–H and O–H groups in total. The average Bonchev–Trinajstić information content (AvgIpc) is 3.37. The molecule has 0 amide bonds. The molecule has 0 radical (unpaired) electrons. The Bertz CT molecular complexity index is 718. The molecular weight excluding hydrogens is 378 g/mol. The largest absolute Gasteiger partial charge is 0.354 e. The summed E-state index contributed by atoms with van der Waals surface area (Å²) in [6, 6.07) is 4.66. The summed E-state index contributed by atoms with van der Waals surface area (Å²) in [4.78, 5) is 17.4. The zero-order valence-electron chi connectivity index (χ0n) is 16.6. The van der Waals surface area contributed by atoms with E-state index < -0.39 is 0 Å². The van der Waals surface area contributed by atoms with E-state index in [0.29, 0.717) is 6.04 Å². The molecular formula is C18H29N7S2. The monoisotopic (exact) mass is 407 g/mol. The van der Waals surface area contributed by atoms with Gasteiger partial charge in [-0.05, 0) is 25.5 Å². The topological polar surface area (TPSA) is 59.9 Å². The van der Waals surface area contributed by atoms with Crippen molar-refractivity contribution in [3.63, 3.8) is 0 Å². The molecule has 7 nitrogen and oxygen atoms in total. The molecule has 1 atom stereocenters. The third kappa shape index (κ3) is 4.97. The molecule has 2 aromatic rings. The number of nitrogens with one attached hydrogen (secondary N) is 1. The summed E-state index contributed by atoms with van der Waals surface area (Å²) in [6.07, 6.45) is 0.893. The van der Waals surface area contributed by atoms with Crippen molar-refractivity contribution in [3.05, 3.63) is 28.2 Å². The number of rotatable bonds is 6. The fourth-order valence-corrected chi connectivity index (χ4v) is 4.89. The molecule has 2 aromatic heterocycles. The van der Waals surface area contributed by atoms with Crippen molar-refractivity contribution in [2.45, 2.75) is 19.4 Å². The maximum absolute atomic E-state index is 4.61. The average molecular weight is 408 g/mol. The van der Waals surface area contributed by atoms with Crippen LogP contribution in [0.3, 0.4) is 0 Å². The second-order valence-electron chi connectivity index (χ2n) is 6.74. The van der Waals surface area contributed by atoms with Crippen molar-refractivity contribution in [1.29, 1.82) is 0 Å². The van der Waals surface area contributed by atoms with E-state index in [4.69, 9.17) is 0 Å². The Balaban J connectivity index is 1.54. The van der Waals surface area contributed by atoms with Crippen molar-refractivity contribution in [2.24, 2.45) is 4.99 Å². The van der Waals surface area contributed by atoms with Gasteiger partial charge in [0.25, 0.3) is 0 Å². The van der Waals surface area contributed by atoms with Crippen LogP contribution >= 0.6 is 22.9 Å². The highest BCUT2D eigenvalue weighted by Crippen LogP contribution is 2.23. The number of guanidine groups is 1. The summed E-state index contributed by atoms with van der Waals surface area (Å²) in [7, 11) is 6.11. The Morgan fingerprint density at radius 3 is 2.67 bits per heavy atom. The van der Waals surface area contributed by atoms with E-state index >= 15 is 0 Å². The third-order valence-corrected chi connectivity index (χ3v) is 6.57. The van der Waals surface area contributed by atoms with Gasteiger partial charge in [0.2, 0.25) is 5.13 Å². The first-order valence-corrected chi connectivity index (χ1v) is 11.0. The SMILES string of the molecule is CCc1nsc(N2CCN(C(=NC)NCC(c3cccs3)N(C)C)CC2)n1. The number of aromatic nitrogens is 2. The highest BCUT2D eigenvalue weighted by Gasteiger charge is 2.23. The smallest absolute Gasteiger partial charge is 0.205 e. The highest BCUT2D eigenvalue weighted by atomic mass is 32.1. The molecule has 0 saturated carbocycles. The summed E-state index contributed by atoms with van der Waals surface area (Å²) < 4.78 is 4.41. The molecule has 1 aliphatic heterocycles. The molecule has 3 rings (SSSR count). The van der Waals surface area contributed by atoms with Gasteiger partial charge in [0.05, 0.1) is 6.04 Å². The molecule has 1 fully saturated rings. The van der Waals surface area contributed by atoms with Gasteiger partial charge in [-0.25, -0.2) is 4.98 Å². The standard InChI is InChI=1S/C18H29N7S2/c1-5-16-21-18(27-22-16)25-10-8-24(9-11-25)17(19-2)20-13-14(23(3)4)15-7-6-12-26-15/h6-7,12,14H,5,8-11,13H2,1-4H3,(H,19,20). The van der Waals surface area contributed by atoms with Crippen LogP contribution in [0.2, 0.25) is 0 Å². The summed E-state index contributed by atoms with van der Waals surface area (Å²) in [5.74, 6) is 1.92. The van der Waals surface area contributed by atoms with Crippen LogP contribution in [0.25, 0.3) is 0 Å². The number of aryl methyl sites for hydroxylation is 1. The highest BCUT2D eigenvalue weighted by molar-refractivity contribution is 7.10. The van der Waals surface area contributed by atoms with Gasteiger partial charge in [0, 0.05) is 62.6 Å². The van der Waals surface area contributed by atoms with E-state index in [2.05, 4.69) is 72.9 Å². The predicted molar refractivity (Wildman–Crippen MR) is 115 cm³/mol. The van der Waals surface area contributed by atoms with Crippen LogP contribution < -0.4 is 10.2 Å². The van der Waals surface area contributed by atoms with Crippen molar-refractivity contribution < 1.29 is 0 Å². The van der Waals surface area contributed by atoms with E-state index in [0.717, 1.165) is 56.1 Å². The van der Waals surface area contributed by atoms with E-state index in [9.17, 15) is 0 Å². The fraction of sp³-hybridized carbons (Fsp3) is 0.611. The van der Waals surface area contributed by atoms with Crippen LogP contribution in [-0.2, 0) is 6.42 Å². The molecule has 148 valence electrons. The zero-order chi connectivity index (χ0) is 19.2. The number of thiophene rings is 1. The molecule has 3 heterocycles. The lowest BCUT2D eigenvalue weighted by Gasteiger charge is -2.36. The molecule has 27 heavy (non-hydrogen) atoms. The van der Waals surface area contributed by atoms with Crippen LogP contribution in [0.4, 0.5) is 5.13 Å². The fourth-order valence-electron chi connectivity index (χ4n) is 3.17. The summed E-state index contributed by atoms with van der Waals surface area (Å²) in [5, 5.41) is 6.75. The number of nitrogens with zero attached hydrogens (tertiary/aromatic N) is 6. The first-order chi connectivity index (χ1) is 13.1. The first-order valence-electron chi connectivity index (χ1n) is 9.35. The lowest BCUT2D eigenvalue weighted by atomic mass is 10.2. The zero-order valence-corrected chi connectivity index (χ0v) is 18.2. The molecule has 0 aliphatic carbocycles. The number of anilines is 1. The third-order valence-electron chi connectivity index (χ3n) is 4.78. The maximum Gasteiger partial charge on any atom is 0.205 e. The Morgan fingerprint density at radius 2 is 2.11 bits per heavy atom. The second kappa shape index (κ2) is 9.48. The van der Waals surface area contributed by atoms with Gasteiger partial charge in [0.1, 0.15) is 5.82 Å². The molecule has 0 bridgehead atoms. The lowest BCUT2D eigenvalue weighted by Crippen LogP contribution is -2.53. The number of hydrogen-bond acceptors (Lipinski definition) is 7. The molecule has 9 heteroatoms. The molecule has 1 saturated heterocycles.